The fourth-order valence-electron chi connectivity index (χ4n) is 1.61. The van der Waals surface area contributed by atoms with Gasteiger partial charge in [-0.3, -0.25) is 10.1 Å². The van der Waals surface area contributed by atoms with Crippen LogP contribution in [0.15, 0.2) is 58.8 Å². The molecule has 2 aromatic carbocycles. The van der Waals surface area contributed by atoms with Crippen LogP contribution in [0, 0.1) is 15.9 Å². The average molecular weight is 307 g/mol. The second-order valence-electron chi connectivity index (χ2n) is 4.12. The number of nitro benzene ring substituents is 1. The first kappa shape index (κ1) is 14.9. The highest BCUT2D eigenvalue weighted by molar-refractivity contribution is 7.94. The van der Waals surface area contributed by atoms with E-state index in [2.05, 4.69) is 0 Å². The SMILES string of the molecule is O=[N+]([O-])c1ccc(S(=O)(=O)/C=C/c2ccccc2F)cc1. The Balaban J connectivity index is 2.30. The van der Waals surface area contributed by atoms with Gasteiger partial charge in [0, 0.05) is 23.1 Å². The van der Waals surface area contributed by atoms with Crippen molar-refractivity contribution in [2.45, 2.75) is 4.90 Å². The van der Waals surface area contributed by atoms with Crippen molar-refractivity contribution < 1.29 is 17.7 Å². The zero-order chi connectivity index (χ0) is 15.5. The maximum atomic E-state index is 13.4. The molecule has 0 aliphatic heterocycles. The van der Waals surface area contributed by atoms with E-state index in [1.54, 1.807) is 6.07 Å². The molecule has 0 saturated carbocycles. The van der Waals surface area contributed by atoms with Crippen LogP contribution in [0.4, 0.5) is 10.1 Å². The molecule has 0 N–H and O–H groups in total. The fraction of sp³-hybridized carbons (Fsp3) is 0. The van der Waals surface area contributed by atoms with E-state index in [9.17, 15) is 22.9 Å². The van der Waals surface area contributed by atoms with Crippen LogP contribution in [0.2, 0.25) is 0 Å². The first-order valence-corrected chi connectivity index (χ1v) is 7.37. The van der Waals surface area contributed by atoms with E-state index in [-0.39, 0.29) is 16.1 Å². The van der Waals surface area contributed by atoms with Crippen molar-refractivity contribution in [2.75, 3.05) is 0 Å². The molecular weight excluding hydrogens is 297 g/mol. The number of hydrogen-bond donors (Lipinski definition) is 0. The smallest absolute Gasteiger partial charge is 0.258 e. The Hall–Kier alpha value is -2.54. The molecule has 2 rings (SSSR count). The molecule has 5 nitrogen and oxygen atoms in total. The summed E-state index contributed by atoms with van der Waals surface area (Å²) >= 11 is 0. The van der Waals surface area contributed by atoms with Gasteiger partial charge in [-0.2, -0.15) is 0 Å². The van der Waals surface area contributed by atoms with Crippen LogP contribution in [0.3, 0.4) is 0 Å². The van der Waals surface area contributed by atoms with E-state index < -0.39 is 20.6 Å². The van der Waals surface area contributed by atoms with Gasteiger partial charge in [0.1, 0.15) is 5.82 Å². The molecule has 0 heterocycles. The summed E-state index contributed by atoms with van der Waals surface area (Å²) in [5.74, 6) is -0.535. The Morgan fingerprint density at radius 2 is 1.67 bits per heavy atom. The average Bonchev–Trinajstić information content (AvgIpc) is 2.46. The second kappa shape index (κ2) is 5.84. The van der Waals surface area contributed by atoms with Gasteiger partial charge in [0.2, 0.25) is 0 Å². The van der Waals surface area contributed by atoms with Crippen molar-refractivity contribution in [1.29, 1.82) is 0 Å². The van der Waals surface area contributed by atoms with Crippen LogP contribution in [0.1, 0.15) is 5.56 Å². The number of halogens is 1. The minimum absolute atomic E-state index is 0.0966. The maximum Gasteiger partial charge on any atom is 0.269 e. The first-order chi connectivity index (χ1) is 9.90. The molecule has 0 aromatic heterocycles. The number of nitro groups is 1. The second-order valence-corrected chi connectivity index (χ2v) is 5.95. The van der Waals surface area contributed by atoms with Gasteiger partial charge in [-0.15, -0.1) is 0 Å². The maximum absolute atomic E-state index is 13.4. The predicted octanol–water partition coefficient (Wildman–Crippen LogP) is 3.18. The quantitative estimate of drug-likeness (QED) is 0.642. The molecule has 0 bridgehead atoms. The van der Waals surface area contributed by atoms with Crippen molar-refractivity contribution in [3.63, 3.8) is 0 Å². The fourth-order valence-corrected chi connectivity index (χ4v) is 2.61. The Morgan fingerprint density at radius 3 is 2.24 bits per heavy atom. The van der Waals surface area contributed by atoms with Gasteiger partial charge < -0.3 is 0 Å². The molecule has 0 amide bonds. The number of hydrogen-bond acceptors (Lipinski definition) is 4. The molecule has 21 heavy (non-hydrogen) atoms. The van der Waals surface area contributed by atoms with E-state index in [0.29, 0.717) is 0 Å². The Morgan fingerprint density at radius 1 is 1.05 bits per heavy atom. The molecule has 0 saturated heterocycles. The molecule has 7 heteroatoms. The van der Waals surface area contributed by atoms with E-state index >= 15 is 0 Å². The van der Waals surface area contributed by atoms with E-state index in [1.165, 1.54) is 18.2 Å². The molecule has 0 unspecified atom stereocenters. The summed E-state index contributed by atoms with van der Waals surface area (Å²) < 4.78 is 37.4. The summed E-state index contributed by atoms with van der Waals surface area (Å²) in [5, 5.41) is 11.4. The summed E-state index contributed by atoms with van der Waals surface area (Å²) in [6.45, 7) is 0. The lowest BCUT2D eigenvalue weighted by Crippen LogP contribution is -1.97. The zero-order valence-corrected chi connectivity index (χ0v) is 11.5. The van der Waals surface area contributed by atoms with Crippen LogP contribution in [0.25, 0.3) is 6.08 Å². The Labute approximate surface area is 120 Å². The largest absolute Gasteiger partial charge is 0.269 e. The minimum atomic E-state index is -3.79. The number of sulfone groups is 1. The van der Waals surface area contributed by atoms with E-state index in [4.69, 9.17) is 0 Å². The summed E-state index contributed by atoms with van der Waals surface area (Å²) in [4.78, 5) is 9.79. The van der Waals surface area contributed by atoms with Gasteiger partial charge in [0.05, 0.1) is 9.82 Å². The zero-order valence-electron chi connectivity index (χ0n) is 10.6. The topological polar surface area (TPSA) is 77.3 Å². The van der Waals surface area contributed by atoms with Gasteiger partial charge in [-0.05, 0) is 24.3 Å². The summed E-state index contributed by atoms with van der Waals surface area (Å²) in [6.07, 6.45) is 1.14. The van der Waals surface area contributed by atoms with Crippen LogP contribution in [-0.2, 0) is 9.84 Å². The molecule has 0 aliphatic carbocycles. The summed E-state index contributed by atoms with van der Waals surface area (Å²) in [5.41, 5.74) is -0.0602. The number of rotatable bonds is 4. The summed E-state index contributed by atoms with van der Waals surface area (Å²) in [7, 11) is -3.79. The normalized spacial score (nSPS) is 11.7. The standard InChI is InChI=1S/C14H10FNO4S/c15-14-4-2-1-3-11(14)9-10-21(19,20)13-7-5-12(6-8-13)16(17)18/h1-10H/b10-9+. The third-order valence-corrected chi connectivity index (χ3v) is 4.13. The lowest BCUT2D eigenvalue weighted by molar-refractivity contribution is -0.384. The van der Waals surface area contributed by atoms with Crippen LogP contribution in [-0.4, -0.2) is 13.3 Å². The Kier molecular flexibility index (Phi) is 4.13. The lowest BCUT2D eigenvalue weighted by Gasteiger charge is -1.99. The molecule has 0 spiro atoms. The van der Waals surface area contributed by atoms with Crippen molar-refractivity contribution >= 4 is 21.6 Å². The van der Waals surface area contributed by atoms with E-state index in [1.807, 2.05) is 0 Å². The molecular formula is C14H10FNO4S. The molecule has 2 aromatic rings. The minimum Gasteiger partial charge on any atom is -0.258 e. The number of nitrogens with zero attached hydrogens (tertiary/aromatic N) is 1. The van der Waals surface area contributed by atoms with Crippen molar-refractivity contribution in [3.05, 3.63) is 75.4 Å². The molecule has 0 radical (unpaired) electrons. The van der Waals surface area contributed by atoms with E-state index in [0.717, 1.165) is 35.7 Å². The predicted molar refractivity (Wildman–Crippen MR) is 75.7 cm³/mol. The third-order valence-electron chi connectivity index (χ3n) is 2.71. The molecule has 108 valence electrons. The number of non-ortho nitro benzene ring substituents is 1. The van der Waals surface area contributed by atoms with Gasteiger partial charge in [0.15, 0.2) is 9.84 Å². The van der Waals surface area contributed by atoms with Crippen molar-refractivity contribution in [1.82, 2.24) is 0 Å². The highest BCUT2D eigenvalue weighted by Crippen LogP contribution is 2.19. The van der Waals surface area contributed by atoms with Gasteiger partial charge >= 0.3 is 0 Å². The molecule has 0 fully saturated rings. The van der Waals surface area contributed by atoms with Gasteiger partial charge in [-0.1, -0.05) is 18.2 Å². The molecule has 0 atom stereocenters. The monoisotopic (exact) mass is 307 g/mol. The van der Waals surface area contributed by atoms with Crippen molar-refractivity contribution in [3.8, 4) is 0 Å². The first-order valence-electron chi connectivity index (χ1n) is 5.82. The highest BCUT2D eigenvalue weighted by atomic mass is 32.2. The van der Waals surface area contributed by atoms with Gasteiger partial charge in [-0.25, -0.2) is 12.8 Å². The van der Waals surface area contributed by atoms with Crippen LogP contribution >= 0.6 is 0 Å². The number of benzene rings is 2. The highest BCUT2D eigenvalue weighted by Gasteiger charge is 2.13. The Bertz CT molecular complexity index is 798. The third kappa shape index (κ3) is 3.51. The summed E-state index contributed by atoms with van der Waals surface area (Å²) in [6, 6.07) is 10.2. The molecule has 0 aliphatic rings. The van der Waals surface area contributed by atoms with Gasteiger partial charge in [0.25, 0.3) is 5.69 Å². The lowest BCUT2D eigenvalue weighted by atomic mass is 10.2. The van der Waals surface area contributed by atoms with Crippen LogP contribution in [0.5, 0.6) is 0 Å². The van der Waals surface area contributed by atoms with Crippen molar-refractivity contribution in [2.24, 2.45) is 0 Å². The van der Waals surface area contributed by atoms with Crippen LogP contribution < -0.4 is 0 Å².